The van der Waals surface area contributed by atoms with Crippen molar-refractivity contribution in [2.45, 2.75) is 26.8 Å². The number of nitrogens with zero attached hydrogens (tertiary/aromatic N) is 5. The van der Waals surface area contributed by atoms with Gasteiger partial charge in [0.1, 0.15) is 5.82 Å². The van der Waals surface area contributed by atoms with Gasteiger partial charge in [-0.25, -0.2) is 9.98 Å². The topological polar surface area (TPSA) is 68.3 Å². The lowest BCUT2D eigenvalue weighted by Gasteiger charge is -2.34. The molecular formula is C22H41N7O. The maximum atomic E-state index is 5.11. The van der Waals surface area contributed by atoms with Gasteiger partial charge in [0.05, 0.1) is 6.54 Å². The van der Waals surface area contributed by atoms with Crippen molar-refractivity contribution in [2.24, 2.45) is 4.99 Å². The SMILES string of the molecule is CCNC(=NCc1ccc(N2CCN(CC)CC2)nc1)NCCN(C)CCCOC. The molecule has 0 amide bonds. The molecule has 8 heteroatoms. The summed E-state index contributed by atoms with van der Waals surface area (Å²) in [5.74, 6) is 1.92. The molecule has 2 heterocycles. The van der Waals surface area contributed by atoms with Crippen LogP contribution in [0.4, 0.5) is 5.82 Å². The van der Waals surface area contributed by atoms with E-state index in [4.69, 9.17) is 9.73 Å². The zero-order valence-corrected chi connectivity index (χ0v) is 19.4. The van der Waals surface area contributed by atoms with Crippen molar-refractivity contribution in [2.75, 3.05) is 84.6 Å². The van der Waals surface area contributed by atoms with Crippen molar-refractivity contribution < 1.29 is 4.74 Å². The molecular weight excluding hydrogens is 378 g/mol. The molecule has 1 aromatic rings. The summed E-state index contributed by atoms with van der Waals surface area (Å²) < 4.78 is 5.11. The van der Waals surface area contributed by atoms with Gasteiger partial charge in [0.15, 0.2) is 5.96 Å². The maximum absolute atomic E-state index is 5.11. The molecule has 30 heavy (non-hydrogen) atoms. The van der Waals surface area contributed by atoms with E-state index < -0.39 is 0 Å². The van der Waals surface area contributed by atoms with E-state index in [0.717, 1.165) is 89.3 Å². The molecule has 0 spiro atoms. The number of hydrogen-bond donors (Lipinski definition) is 2. The molecule has 0 atom stereocenters. The minimum Gasteiger partial charge on any atom is -0.385 e. The first-order chi connectivity index (χ1) is 14.7. The van der Waals surface area contributed by atoms with E-state index in [9.17, 15) is 0 Å². The Balaban J connectivity index is 1.78. The van der Waals surface area contributed by atoms with Crippen LogP contribution in [-0.4, -0.2) is 100 Å². The number of methoxy groups -OCH3 is 1. The Labute approximate surface area is 182 Å². The zero-order chi connectivity index (χ0) is 21.6. The van der Waals surface area contributed by atoms with Crippen molar-refractivity contribution in [1.82, 2.24) is 25.4 Å². The highest BCUT2D eigenvalue weighted by atomic mass is 16.5. The molecule has 1 fully saturated rings. The summed E-state index contributed by atoms with van der Waals surface area (Å²) in [6.07, 6.45) is 3.01. The number of anilines is 1. The fraction of sp³-hybridized carbons (Fsp3) is 0.727. The summed E-state index contributed by atoms with van der Waals surface area (Å²) in [6.45, 7) is 14.9. The number of piperazine rings is 1. The van der Waals surface area contributed by atoms with Crippen molar-refractivity contribution in [3.63, 3.8) is 0 Å². The number of aliphatic imine (C=N–C) groups is 1. The summed E-state index contributed by atoms with van der Waals surface area (Å²) in [7, 11) is 3.88. The summed E-state index contributed by atoms with van der Waals surface area (Å²) >= 11 is 0. The van der Waals surface area contributed by atoms with Crippen LogP contribution in [0.3, 0.4) is 0 Å². The number of pyridine rings is 1. The largest absolute Gasteiger partial charge is 0.385 e. The maximum Gasteiger partial charge on any atom is 0.191 e. The monoisotopic (exact) mass is 419 g/mol. The van der Waals surface area contributed by atoms with Crippen molar-refractivity contribution in [3.8, 4) is 0 Å². The van der Waals surface area contributed by atoms with Gasteiger partial charge >= 0.3 is 0 Å². The van der Waals surface area contributed by atoms with Crippen molar-refractivity contribution in [3.05, 3.63) is 23.9 Å². The second kappa shape index (κ2) is 14.2. The number of ether oxygens (including phenoxy) is 1. The Bertz CT molecular complexity index is 600. The van der Waals surface area contributed by atoms with Gasteiger partial charge in [-0.2, -0.15) is 0 Å². The summed E-state index contributed by atoms with van der Waals surface area (Å²) in [5.41, 5.74) is 1.12. The van der Waals surface area contributed by atoms with Gasteiger partial charge in [-0.3, -0.25) is 0 Å². The fourth-order valence-electron chi connectivity index (χ4n) is 3.46. The van der Waals surface area contributed by atoms with Gasteiger partial charge in [-0.15, -0.1) is 0 Å². The highest BCUT2D eigenvalue weighted by Crippen LogP contribution is 2.14. The molecule has 1 aromatic heterocycles. The fourth-order valence-corrected chi connectivity index (χ4v) is 3.46. The molecule has 8 nitrogen and oxygen atoms in total. The normalized spacial score (nSPS) is 15.6. The molecule has 0 aliphatic carbocycles. The highest BCUT2D eigenvalue weighted by molar-refractivity contribution is 5.79. The molecule has 2 N–H and O–H groups in total. The first-order valence-corrected chi connectivity index (χ1v) is 11.3. The summed E-state index contributed by atoms with van der Waals surface area (Å²) in [5, 5.41) is 6.74. The van der Waals surface area contributed by atoms with E-state index >= 15 is 0 Å². The molecule has 1 saturated heterocycles. The molecule has 170 valence electrons. The van der Waals surface area contributed by atoms with Gasteiger partial charge in [0, 0.05) is 72.3 Å². The molecule has 1 aliphatic rings. The van der Waals surface area contributed by atoms with E-state index in [1.807, 2.05) is 6.20 Å². The molecule has 2 rings (SSSR count). The van der Waals surface area contributed by atoms with Gasteiger partial charge in [0.2, 0.25) is 0 Å². The molecule has 0 unspecified atom stereocenters. The van der Waals surface area contributed by atoms with Gasteiger partial charge < -0.3 is 30.1 Å². The van der Waals surface area contributed by atoms with E-state index in [2.05, 4.69) is 63.3 Å². The summed E-state index contributed by atoms with van der Waals surface area (Å²) in [4.78, 5) is 16.5. The Morgan fingerprint density at radius 1 is 1.17 bits per heavy atom. The van der Waals surface area contributed by atoms with Gasteiger partial charge in [-0.1, -0.05) is 13.0 Å². The molecule has 0 radical (unpaired) electrons. The standard InChI is InChI=1S/C22H41N7O/c1-5-23-22(24-10-12-27(3)11-7-17-30-4)26-19-20-8-9-21(25-18-20)29-15-13-28(6-2)14-16-29/h8-9,18H,5-7,10-17,19H2,1-4H3,(H2,23,24,26). The van der Waals surface area contributed by atoms with Crippen LogP contribution in [-0.2, 0) is 11.3 Å². The minimum absolute atomic E-state index is 0.621. The lowest BCUT2D eigenvalue weighted by atomic mass is 10.2. The lowest BCUT2D eigenvalue weighted by molar-refractivity contribution is 0.180. The minimum atomic E-state index is 0.621. The van der Waals surface area contributed by atoms with Crippen LogP contribution in [0.1, 0.15) is 25.8 Å². The van der Waals surface area contributed by atoms with Crippen LogP contribution in [0.2, 0.25) is 0 Å². The lowest BCUT2D eigenvalue weighted by Crippen LogP contribution is -2.46. The number of guanidine groups is 1. The van der Waals surface area contributed by atoms with Crippen LogP contribution in [0, 0.1) is 0 Å². The van der Waals surface area contributed by atoms with E-state index in [0.29, 0.717) is 6.54 Å². The van der Waals surface area contributed by atoms with Crippen LogP contribution in [0.25, 0.3) is 0 Å². The Hall–Kier alpha value is -1.90. The second-order valence-electron chi connectivity index (χ2n) is 7.72. The molecule has 0 aromatic carbocycles. The number of likely N-dealkylation sites (N-methyl/N-ethyl adjacent to an activating group) is 2. The third-order valence-electron chi connectivity index (χ3n) is 5.39. The summed E-state index contributed by atoms with van der Waals surface area (Å²) in [6, 6.07) is 4.27. The third kappa shape index (κ3) is 8.85. The van der Waals surface area contributed by atoms with Crippen LogP contribution in [0.15, 0.2) is 23.3 Å². The highest BCUT2D eigenvalue weighted by Gasteiger charge is 2.16. The number of nitrogens with one attached hydrogen (secondary N) is 2. The predicted molar refractivity (Wildman–Crippen MR) is 125 cm³/mol. The Morgan fingerprint density at radius 2 is 1.97 bits per heavy atom. The predicted octanol–water partition coefficient (Wildman–Crippen LogP) is 1.25. The van der Waals surface area contributed by atoms with E-state index in [-0.39, 0.29) is 0 Å². The van der Waals surface area contributed by atoms with Crippen LogP contribution >= 0.6 is 0 Å². The van der Waals surface area contributed by atoms with E-state index in [1.54, 1.807) is 7.11 Å². The van der Waals surface area contributed by atoms with Crippen molar-refractivity contribution >= 4 is 11.8 Å². The Morgan fingerprint density at radius 3 is 2.60 bits per heavy atom. The molecule has 0 saturated carbocycles. The Kier molecular flexibility index (Phi) is 11.5. The first kappa shape index (κ1) is 24.4. The van der Waals surface area contributed by atoms with Gasteiger partial charge in [0.25, 0.3) is 0 Å². The number of aromatic nitrogens is 1. The third-order valence-corrected chi connectivity index (χ3v) is 5.39. The average molecular weight is 420 g/mol. The van der Waals surface area contributed by atoms with E-state index in [1.165, 1.54) is 0 Å². The molecule has 0 bridgehead atoms. The van der Waals surface area contributed by atoms with Crippen LogP contribution in [0.5, 0.6) is 0 Å². The number of hydrogen-bond acceptors (Lipinski definition) is 6. The smallest absolute Gasteiger partial charge is 0.191 e. The molecule has 1 aliphatic heterocycles. The van der Waals surface area contributed by atoms with Crippen molar-refractivity contribution in [1.29, 1.82) is 0 Å². The zero-order valence-electron chi connectivity index (χ0n) is 19.4. The van der Waals surface area contributed by atoms with Gasteiger partial charge in [-0.05, 0) is 38.6 Å². The quantitative estimate of drug-likeness (QED) is 0.300. The number of rotatable bonds is 12. The average Bonchev–Trinajstić information content (AvgIpc) is 2.78. The second-order valence-corrected chi connectivity index (χ2v) is 7.72. The van der Waals surface area contributed by atoms with Crippen LogP contribution < -0.4 is 15.5 Å². The first-order valence-electron chi connectivity index (χ1n) is 11.3.